The highest BCUT2D eigenvalue weighted by Crippen LogP contribution is 2.21. The van der Waals surface area contributed by atoms with Gasteiger partial charge in [-0.15, -0.1) is 0 Å². The van der Waals surface area contributed by atoms with E-state index in [1.807, 2.05) is 32.0 Å². The first-order valence-corrected chi connectivity index (χ1v) is 5.45. The van der Waals surface area contributed by atoms with E-state index in [1.54, 1.807) is 6.92 Å². The second-order valence-corrected chi connectivity index (χ2v) is 3.88. The molecule has 0 saturated heterocycles. The van der Waals surface area contributed by atoms with E-state index in [0.29, 0.717) is 6.61 Å². The van der Waals surface area contributed by atoms with E-state index in [0.717, 1.165) is 16.7 Å². The minimum absolute atomic E-state index is 0.0116. The monoisotopic (exact) mass is 222 g/mol. The fraction of sp³-hybridized carbons (Fsp3) is 0.462. The average molecular weight is 222 g/mol. The third-order valence-corrected chi connectivity index (χ3v) is 2.45. The molecule has 1 aromatic rings. The average Bonchev–Trinajstić information content (AvgIpc) is 2.17. The topological polar surface area (TPSA) is 46.5 Å². The Bertz CT molecular complexity index is 371. The van der Waals surface area contributed by atoms with Crippen molar-refractivity contribution >= 4 is 5.97 Å². The highest BCUT2D eigenvalue weighted by atomic mass is 16.5. The van der Waals surface area contributed by atoms with Crippen molar-refractivity contribution in [3.8, 4) is 0 Å². The smallest absolute Gasteiger partial charge is 0.308 e. The Morgan fingerprint density at radius 1 is 1.44 bits per heavy atom. The van der Waals surface area contributed by atoms with E-state index in [2.05, 4.69) is 0 Å². The molecule has 1 aromatic carbocycles. The molecule has 0 amide bonds. The van der Waals surface area contributed by atoms with Gasteiger partial charge in [-0.1, -0.05) is 23.8 Å². The van der Waals surface area contributed by atoms with Crippen LogP contribution in [0.2, 0.25) is 0 Å². The second kappa shape index (κ2) is 5.66. The van der Waals surface area contributed by atoms with Crippen LogP contribution in [-0.4, -0.2) is 17.7 Å². The molecule has 0 heterocycles. The first-order valence-electron chi connectivity index (χ1n) is 5.45. The Kier molecular flexibility index (Phi) is 4.50. The zero-order chi connectivity index (χ0) is 12.1. The number of hydrogen-bond donors (Lipinski definition) is 1. The van der Waals surface area contributed by atoms with Crippen LogP contribution in [0.1, 0.15) is 36.1 Å². The minimum atomic E-state index is -0.778. The molecule has 1 N–H and O–H groups in total. The lowest BCUT2D eigenvalue weighted by atomic mass is 9.99. The van der Waals surface area contributed by atoms with Gasteiger partial charge in [-0.3, -0.25) is 4.79 Å². The molecule has 1 rings (SSSR count). The maximum atomic E-state index is 11.2. The van der Waals surface area contributed by atoms with Gasteiger partial charge in [0.15, 0.2) is 0 Å². The van der Waals surface area contributed by atoms with Gasteiger partial charge >= 0.3 is 5.97 Å². The summed E-state index contributed by atoms with van der Waals surface area (Å²) in [7, 11) is 0. The third kappa shape index (κ3) is 3.35. The summed E-state index contributed by atoms with van der Waals surface area (Å²) in [6, 6.07) is 5.77. The number of ether oxygens (including phenoxy) is 1. The summed E-state index contributed by atoms with van der Waals surface area (Å²) in [5.74, 6) is -0.366. The summed E-state index contributed by atoms with van der Waals surface area (Å²) >= 11 is 0. The summed E-state index contributed by atoms with van der Waals surface area (Å²) < 4.78 is 4.80. The molecule has 0 radical (unpaired) electrons. The van der Waals surface area contributed by atoms with Crippen LogP contribution < -0.4 is 0 Å². The number of hydrogen-bond acceptors (Lipinski definition) is 3. The standard InChI is InChI=1S/C13H18O3/c1-4-16-13(15)8-12(14)11-6-5-9(2)7-10(11)3/h5-7,12,14H,4,8H2,1-3H3. The van der Waals surface area contributed by atoms with Gasteiger partial charge in [0.05, 0.1) is 19.1 Å². The van der Waals surface area contributed by atoms with Crippen LogP contribution in [0.3, 0.4) is 0 Å². The number of aliphatic hydroxyl groups is 1. The molecule has 1 atom stereocenters. The number of aryl methyl sites for hydroxylation is 2. The molecule has 16 heavy (non-hydrogen) atoms. The molecule has 0 aliphatic heterocycles. The predicted molar refractivity (Wildman–Crippen MR) is 62.1 cm³/mol. The zero-order valence-electron chi connectivity index (χ0n) is 9.99. The molecule has 0 spiro atoms. The summed E-state index contributed by atoms with van der Waals surface area (Å²) in [5, 5.41) is 9.89. The second-order valence-electron chi connectivity index (χ2n) is 3.88. The van der Waals surface area contributed by atoms with Gasteiger partial charge in [-0.05, 0) is 31.9 Å². The lowest BCUT2D eigenvalue weighted by molar-refractivity contribution is -0.145. The van der Waals surface area contributed by atoms with Crippen molar-refractivity contribution in [2.75, 3.05) is 6.61 Å². The van der Waals surface area contributed by atoms with Gasteiger partial charge < -0.3 is 9.84 Å². The van der Waals surface area contributed by atoms with Crippen LogP contribution in [0.15, 0.2) is 18.2 Å². The van der Waals surface area contributed by atoms with E-state index in [-0.39, 0.29) is 12.4 Å². The first-order chi connectivity index (χ1) is 7.54. The molecule has 0 aliphatic rings. The number of aliphatic hydroxyl groups excluding tert-OH is 1. The lowest BCUT2D eigenvalue weighted by Gasteiger charge is -2.13. The van der Waals surface area contributed by atoms with Gasteiger partial charge in [0.25, 0.3) is 0 Å². The fourth-order valence-electron chi connectivity index (χ4n) is 1.69. The molecule has 0 fully saturated rings. The van der Waals surface area contributed by atoms with Gasteiger partial charge in [0, 0.05) is 0 Å². The van der Waals surface area contributed by atoms with E-state index in [9.17, 15) is 9.90 Å². The van der Waals surface area contributed by atoms with Crippen LogP contribution in [0.25, 0.3) is 0 Å². The summed E-state index contributed by atoms with van der Waals surface area (Å²) in [5.41, 5.74) is 2.93. The van der Waals surface area contributed by atoms with Crippen molar-refractivity contribution < 1.29 is 14.6 Å². The summed E-state index contributed by atoms with van der Waals surface area (Å²) in [6.07, 6.45) is -0.766. The van der Waals surface area contributed by atoms with Crippen LogP contribution in [-0.2, 0) is 9.53 Å². The molecule has 3 heteroatoms. The molecule has 88 valence electrons. The molecule has 0 bridgehead atoms. The molecule has 0 aromatic heterocycles. The first kappa shape index (κ1) is 12.7. The molecule has 0 saturated carbocycles. The van der Waals surface area contributed by atoms with Gasteiger partial charge in [0.1, 0.15) is 0 Å². The number of carbonyl (C=O) groups excluding carboxylic acids is 1. The largest absolute Gasteiger partial charge is 0.466 e. The van der Waals surface area contributed by atoms with Crippen molar-refractivity contribution in [1.82, 2.24) is 0 Å². The fourth-order valence-corrected chi connectivity index (χ4v) is 1.69. The van der Waals surface area contributed by atoms with E-state index >= 15 is 0 Å². The molecule has 0 aliphatic carbocycles. The Morgan fingerprint density at radius 2 is 2.12 bits per heavy atom. The van der Waals surface area contributed by atoms with Crippen LogP contribution >= 0.6 is 0 Å². The Balaban J connectivity index is 2.72. The van der Waals surface area contributed by atoms with Crippen LogP contribution in [0.5, 0.6) is 0 Å². The Morgan fingerprint density at radius 3 is 2.69 bits per heavy atom. The van der Waals surface area contributed by atoms with E-state index in [4.69, 9.17) is 4.74 Å². The minimum Gasteiger partial charge on any atom is -0.466 e. The summed E-state index contributed by atoms with van der Waals surface area (Å²) in [4.78, 5) is 11.2. The van der Waals surface area contributed by atoms with Crippen molar-refractivity contribution in [2.24, 2.45) is 0 Å². The van der Waals surface area contributed by atoms with E-state index in [1.165, 1.54) is 0 Å². The number of benzene rings is 1. The third-order valence-electron chi connectivity index (χ3n) is 2.45. The normalized spacial score (nSPS) is 12.2. The molecular formula is C13H18O3. The van der Waals surface area contributed by atoms with Crippen LogP contribution in [0, 0.1) is 13.8 Å². The van der Waals surface area contributed by atoms with Gasteiger partial charge in [0.2, 0.25) is 0 Å². The number of carbonyl (C=O) groups is 1. The molecule has 1 unspecified atom stereocenters. The van der Waals surface area contributed by atoms with Gasteiger partial charge in [-0.25, -0.2) is 0 Å². The predicted octanol–water partition coefficient (Wildman–Crippen LogP) is 2.29. The van der Waals surface area contributed by atoms with Crippen LogP contribution in [0.4, 0.5) is 0 Å². The van der Waals surface area contributed by atoms with Crippen molar-refractivity contribution in [2.45, 2.75) is 33.3 Å². The van der Waals surface area contributed by atoms with Gasteiger partial charge in [-0.2, -0.15) is 0 Å². The molecule has 3 nitrogen and oxygen atoms in total. The summed E-state index contributed by atoms with van der Waals surface area (Å²) in [6.45, 7) is 6.02. The Labute approximate surface area is 96.1 Å². The maximum Gasteiger partial charge on any atom is 0.308 e. The number of esters is 1. The van der Waals surface area contributed by atoms with Crippen molar-refractivity contribution in [3.05, 3.63) is 34.9 Å². The lowest BCUT2D eigenvalue weighted by Crippen LogP contribution is -2.11. The highest BCUT2D eigenvalue weighted by Gasteiger charge is 2.15. The number of rotatable bonds is 4. The Hall–Kier alpha value is -1.35. The SMILES string of the molecule is CCOC(=O)CC(O)c1ccc(C)cc1C. The maximum absolute atomic E-state index is 11.2. The molecular weight excluding hydrogens is 204 g/mol. The van der Waals surface area contributed by atoms with Crippen molar-refractivity contribution in [3.63, 3.8) is 0 Å². The zero-order valence-corrected chi connectivity index (χ0v) is 9.99. The quantitative estimate of drug-likeness (QED) is 0.795. The van der Waals surface area contributed by atoms with E-state index < -0.39 is 6.10 Å². The van der Waals surface area contributed by atoms with Crippen molar-refractivity contribution in [1.29, 1.82) is 0 Å². The highest BCUT2D eigenvalue weighted by molar-refractivity contribution is 5.70.